The highest BCUT2D eigenvalue weighted by Gasteiger charge is 2.77. The Morgan fingerprint density at radius 2 is 1.93 bits per heavy atom. The molecule has 1 N–H and O–H groups in total. The van der Waals surface area contributed by atoms with Crippen LogP contribution >= 0.6 is 27.5 Å². The number of ether oxygens (including phenoxy) is 1. The highest BCUT2D eigenvalue weighted by atomic mass is 79.9. The minimum atomic E-state index is -1.25. The topological polar surface area (TPSA) is 90.4 Å². The number of para-hydroxylation sites is 1. The van der Waals surface area contributed by atoms with Crippen LogP contribution < -0.4 is 4.90 Å². The smallest absolute Gasteiger partial charge is 0.253 e. The minimum Gasteiger partial charge on any atom is -0.394 e. The zero-order valence-corrected chi connectivity index (χ0v) is 26.4. The summed E-state index contributed by atoms with van der Waals surface area (Å²) in [5.74, 6) is -2.60. The number of rotatable bonds is 13. The number of halogens is 2. The van der Waals surface area contributed by atoms with Gasteiger partial charge in [-0.05, 0) is 30.9 Å². The van der Waals surface area contributed by atoms with E-state index < -0.39 is 35.6 Å². The van der Waals surface area contributed by atoms with Crippen molar-refractivity contribution in [1.82, 2.24) is 9.80 Å². The molecule has 8 nitrogen and oxygen atoms in total. The molecule has 3 aliphatic rings. The van der Waals surface area contributed by atoms with Gasteiger partial charge in [0.2, 0.25) is 11.8 Å². The second-order valence-corrected chi connectivity index (χ2v) is 12.9. The van der Waals surface area contributed by atoms with E-state index in [0.29, 0.717) is 36.6 Å². The van der Waals surface area contributed by atoms with Gasteiger partial charge in [-0.1, -0.05) is 79.0 Å². The molecule has 3 amide bonds. The minimum absolute atomic E-state index is 0.105. The van der Waals surface area contributed by atoms with Crippen LogP contribution in [0.3, 0.4) is 0 Å². The van der Waals surface area contributed by atoms with Crippen molar-refractivity contribution < 1.29 is 24.2 Å². The third-order valence-corrected chi connectivity index (χ3v) is 10.1. The molecule has 3 aliphatic heterocycles. The summed E-state index contributed by atoms with van der Waals surface area (Å²) in [5.41, 5.74) is -0.757. The third-order valence-electron chi connectivity index (χ3n) is 8.97. The number of amides is 3. The van der Waals surface area contributed by atoms with E-state index in [1.165, 1.54) is 9.80 Å². The van der Waals surface area contributed by atoms with Crippen molar-refractivity contribution in [2.75, 3.05) is 31.1 Å². The Hall–Kier alpha value is -2.20. The van der Waals surface area contributed by atoms with E-state index in [1.807, 2.05) is 20.8 Å². The molecule has 41 heavy (non-hydrogen) atoms. The van der Waals surface area contributed by atoms with Gasteiger partial charge in [-0.15, -0.1) is 13.2 Å². The highest BCUT2D eigenvalue weighted by molar-refractivity contribution is 9.09. The lowest BCUT2D eigenvalue weighted by Crippen LogP contribution is -2.60. The van der Waals surface area contributed by atoms with Crippen molar-refractivity contribution in [3.63, 3.8) is 0 Å². The quantitative estimate of drug-likeness (QED) is 0.252. The SMILES string of the molecule is C=CCN(CCC)C(=O)[C@H]1[C@H]2C(=O)N([C@@H](CO)[C@@H](C)CC)C(C(=O)N(CC=C)c3ccccc3Cl)C23CC(Br)[C@@H]1O3. The number of likely N-dealkylation sites (tertiary alicyclic amines) is 1. The van der Waals surface area contributed by atoms with E-state index in [0.717, 1.165) is 6.42 Å². The molecule has 0 aliphatic carbocycles. The van der Waals surface area contributed by atoms with Gasteiger partial charge < -0.3 is 24.5 Å². The Morgan fingerprint density at radius 1 is 1.24 bits per heavy atom. The number of anilines is 1. The maximum absolute atomic E-state index is 14.8. The van der Waals surface area contributed by atoms with E-state index in [4.69, 9.17) is 16.3 Å². The van der Waals surface area contributed by atoms with E-state index in [2.05, 4.69) is 29.1 Å². The van der Waals surface area contributed by atoms with Crippen molar-refractivity contribution in [2.45, 2.75) is 68.6 Å². The number of nitrogens with zero attached hydrogens (tertiary/aromatic N) is 3. The van der Waals surface area contributed by atoms with E-state index in [9.17, 15) is 19.5 Å². The van der Waals surface area contributed by atoms with Crippen LogP contribution in [-0.4, -0.2) is 87.5 Å². The van der Waals surface area contributed by atoms with Gasteiger partial charge in [0.25, 0.3) is 5.91 Å². The third kappa shape index (κ3) is 5.28. The molecule has 2 bridgehead atoms. The fourth-order valence-corrected chi connectivity index (χ4v) is 8.16. The number of aliphatic hydroxyl groups excluding tert-OH is 1. The van der Waals surface area contributed by atoms with Gasteiger partial charge in [-0.2, -0.15) is 0 Å². The van der Waals surface area contributed by atoms with Gasteiger partial charge in [-0.25, -0.2) is 0 Å². The molecule has 0 saturated carbocycles. The Balaban J connectivity index is 1.88. The van der Waals surface area contributed by atoms with Crippen LogP contribution in [0, 0.1) is 17.8 Å². The molecular formula is C31H41BrClN3O5. The van der Waals surface area contributed by atoms with Crippen LogP contribution in [-0.2, 0) is 19.1 Å². The lowest BCUT2D eigenvalue weighted by molar-refractivity contribution is -0.148. The predicted octanol–water partition coefficient (Wildman–Crippen LogP) is 4.44. The molecule has 1 spiro atoms. The standard InChI is InChI=1S/C31H41BrClN3O5/c1-6-14-34(15-7-2)28(38)24-25-29(39)36(23(18-37)19(5)9-4)27(31(25)17-20(32)26(24)41-31)30(40)35(16-8-3)22-13-11-10-12-21(22)33/h6,8,10-13,19-20,23-27,37H,1,3,7,9,14-18H2,2,4-5H3/t19-,20?,23-,24-,25-,26-,27?,31?/m0/s1. The van der Waals surface area contributed by atoms with Gasteiger partial charge in [0.15, 0.2) is 0 Å². The summed E-state index contributed by atoms with van der Waals surface area (Å²) in [6, 6.07) is 5.34. The maximum Gasteiger partial charge on any atom is 0.253 e. The number of hydrogen-bond donors (Lipinski definition) is 1. The summed E-state index contributed by atoms with van der Waals surface area (Å²) in [6.07, 6.45) is 4.54. The first kappa shape index (κ1) is 31.7. The summed E-state index contributed by atoms with van der Waals surface area (Å²) in [7, 11) is 0. The van der Waals surface area contributed by atoms with Gasteiger partial charge in [0.05, 0.1) is 41.3 Å². The van der Waals surface area contributed by atoms with Crippen molar-refractivity contribution in [3.05, 3.63) is 54.6 Å². The van der Waals surface area contributed by atoms with Crippen molar-refractivity contribution in [1.29, 1.82) is 0 Å². The van der Waals surface area contributed by atoms with Gasteiger partial charge in [-0.3, -0.25) is 14.4 Å². The molecule has 0 aromatic heterocycles. The predicted molar refractivity (Wildman–Crippen MR) is 164 cm³/mol. The molecule has 1 aromatic carbocycles. The number of carbonyl (C=O) groups excluding carboxylic acids is 3. The monoisotopic (exact) mass is 649 g/mol. The largest absolute Gasteiger partial charge is 0.394 e. The summed E-state index contributed by atoms with van der Waals surface area (Å²) >= 11 is 10.3. The molecule has 3 saturated heterocycles. The Bertz CT molecular complexity index is 1180. The second-order valence-electron chi connectivity index (χ2n) is 11.3. The fraction of sp³-hybridized carbons (Fsp3) is 0.581. The number of aliphatic hydroxyl groups is 1. The average molecular weight is 651 g/mol. The van der Waals surface area contributed by atoms with Crippen molar-refractivity contribution >= 4 is 50.9 Å². The molecule has 8 atom stereocenters. The van der Waals surface area contributed by atoms with Crippen LogP contribution in [0.1, 0.15) is 40.0 Å². The number of fused-ring (bicyclic) bond motifs is 1. The van der Waals surface area contributed by atoms with Crippen LogP contribution in [0.15, 0.2) is 49.6 Å². The van der Waals surface area contributed by atoms with Gasteiger partial charge >= 0.3 is 0 Å². The van der Waals surface area contributed by atoms with Crippen LogP contribution in [0.5, 0.6) is 0 Å². The van der Waals surface area contributed by atoms with Crippen LogP contribution in [0.4, 0.5) is 5.69 Å². The van der Waals surface area contributed by atoms with Crippen molar-refractivity contribution in [3.8, 4) is 0 Å². The Kier molecular flexibility index (Phi) is 10.0. The summed E-state index contributed by atoms with van der Waals surface area (Å²) in [4.78, 5) is 48.0. The normalized spacial score (nSPS) is 29.7. The summed E-state index contributed by atoms with van der Waals surface area (Å²) in [5, 5.41) is 11.0. The first-order valence-corrected chi connectivity index (χ1v) is 15.7. The molecule has 224 valence electrons. The Morgan fingerprint density at radius 3 is 2.51 bits per heavy atom. The first-order chi connectivity index (χ1) is 19.6. The molecule has 10 heteroatoms. The van der Waals surface area contributed by atoms with Crippen LogP contribution in [0.25, 0.3) is 0 Å². The number of benzene rings is 1. The number of alkyl halides is 1. The number of carbonyl (C=O) groups is 3. The zero-order valence-electron chi connectivity index (χ0n) is 24.0. The van der Waals surface area contributed by atoms with E-state index >= 15 is 0 Å². The zero-order chi connectivity index (χ0) is 30.1. The summed E-state index contributed by atoms with van der Waals surface area (Å²) in [6.45, 7) is 14.3. The van der Waals surface area contributed by atoms with Crippen molar-refractivity contribution in [2.24, 2.45) is 17.8 Å². The average Bonchev–Trinajstić information content (AvgIpc) is 3.55. The van der Waals surface area contributed by atoms with Crippen LogP contribution in [0.2, 0.25) is 5.02 Å². The highest BCUT2D eigenvalue weighted by Crippen LogP contribution is 2.61. The molecule has 4 rings (SSSR count). The number of hydrogen-bond acceptors (Lipinski definition) is 5. The molecule has 3 heterocycles. The maximum atomic E-state index is 14.8. The lowest BCUT2D eigenvalue weighted by Gasteiger charge is -2.41. The summed E-state index contributed by atoms with van der Waals surface area (Å²) < 4.78 is 6.70. The van der Waals surface area contributed by atoms with E-state index in [1.54, 1.807) is 41.3 Å². The fourth-order valence-electron chi connectivity index (χ4n) is 6.98. The second kappa shape index (κ2) is 13.0. The molecular weight excluding hydrogens is 610 g/mol. The molecule has 3 fully saturated rings. The van der Waals surface area contributed by atoms with Gasteiger partial charge in [0.1, 0.15) is 11.6 Å². The van der Waals surface area contributed by atoms with E-state index in [-0.39, 0.29) is 41.6 Å². The molecule has 1 aromatic rings. The lowest BCUT2D eigenvalue weighted by atomic mass is 9.70. The van der Waals surface area contributed by atoms with Gasteiger partial charge in [0, 0.05) is 24.5 Å². The molecule has 3 unspecified atom stereocenters. The Labute approximate surface area is 256 Å². The first-order valence-electron chi connectivity index (χ1n) is 14.4. The molecule has 0 radical (unpaired) electrons.